The highest BCUT2D eigenvalue weighted by Gasteiger charge is 2.58. The summed E-state index contributed by atoms with van der Waals surface area (Å²) in [6, 6.07) is 0. The van der Waals surface area contributed by atoms with Crippen LogP contribution in [0.4, 0.5) is 8.22 Å². The first kappa shape index (κ1) is 36.2. The van der Waals surface area contributed by atoms with Crippen LogP contribution in [0.3, 0.4) is 0 Å². The Labute approximate surface area is 226 Å². The third kappa shape index (κ3) is 11.1. The van der Waals surface area contributed by atoms with Crippen LogP contribution in [-0.4, -0.2) is 102 Å². The van der Waals surface area contributed by atoms with Crippen LogP contribution in [0.1, 0.15) is 0 Å². The Morgan fingerprint density at radius 2 is 0.457 bits per heavy atom. The summed E-state index contributed by atoms with van der Waals surface area (Å²) in [6.45, 7) is 43.8. The number of nitrogens with zero attached hydrogens (tertiary/aromatic N) is 4. The molecule has 13 heteroatoms. The van der Waals surface area contributed by atoms with Crippen molar-refractivity contribution in [3.63, 3.8) is 0 Å². The zero-order valence-electron chi connectivity index (χ0n) is 26.9. The highest BCUT2D eigenvalue weighted by molar-refractivity contribution is 6.92. The molecule has 4 nitrogen and oxygen atoms in total. The van der Waals surface area contributed by atoms with Gasteiger partial charge in [-0.25, -0.2) is 8.22 Å². The highest BCUT2D eigenvalue weighted by Crippen LogP contribution is 2.31. The normalized spacial score (nSPS) is 15.8. The van der Waals surface area contributed by atoms with E-state index in [2.05, 4.69) is 126 Å². The standard InChI is InChI=1S/C22H62F2N4Si7/c1-29(2,3)25(30(4,5)6)19-21-27(33(13,14)15)35(23,24)28(34(16,17)18)22-20-26(31(7,8)9)32(10,11)12/h19-22H2,1-18H3. The average Bonchev–Trinajstić information content (AvgIpc) is 2.47. The fourth-order valence-corrected chi connectivity index (χ4v) is 34.9. The zero-order valence-corrected chi connectivity index (χ0v) is 33.9. The molecule has 0 amide bonds. The molecule has 0 atom stereocenters. The molecule has 0 aliphatic rings. The Morgan fingerprint density at radius 1 is 0.314 bits per heavy atom. The third-order valence-corrected chi connectivity index (χ3v) is 33.1. The van der Waals surface area contributed by atoms with Gasteiger partial charge in [-0.3, -0.25) is 8.46 Å². The van der Waals surface area contributed by atoms with Crippen molar-refractivity contribution >= 4 is 58.5 Å². The minimum Gasteiger partial charge on any atom is -0.345 e. The molecule has 0 aromatic rings. The van der Waals surface area contributed by atoms with E-state index in [1.54, 1.807) is 8.46 Å². The predicted octanol–water partition coefficient (Wildman–Crippen LogP) is 7.58. The van der Waals surface area contributed by atoms with Crippen LogP contribution < -0.4 is 0 Å². The van der Waals surface area contributed by atoms with E-state index in [-0.39, 0.29) is 0 Å². The fourth-order valence-electron chi connectivity index (χ4n) is 5.65. The average molecular weight is 617 g/mol. The van der Waals surface area contributed by atoms with Gasteiger partial charge in [-0.15, -0.1) is 0 Å². The van der Waals surface area contributed by atoms with Crippen LogP contribution in [0.15, 0.2) is 0 Å². The van der Waals surface area contributed by atoms with Crippen molar-refractivity contribution in [2.45, 2.75) is 118 Å². The molecule has 212 valence electrons. The van der Waals surface area contributed by atoms with E-state index in [1.807, 2.05) is 0 Å². The van der Waals surface area contributed by atoms with Crippen LogP contribution >= 0.6 is 0 Å². The SMILES string of the molecule is C[Si](C)(C)N(CCN([Si](C)(C)C)[Si](F)(F)N(CCN([Si](C)(C)C)[Si](C)(C)C)[Si](C)(C)C)[Si](C)(C)C. The van der Waals surface area contributed by atoms with E-state index < -0.39 is 58.5 Å². The number of rotatable bonds is 14. The Balaban J connectivity index is 6.28. The second kappa shape index (κ2) is 11.8. The van der Waals surface area contributed by atoms with Crippen LogP contribution in [0, 0.1) is 0 Å². The zero-order chi connectivity index (χ0) is 28.6. The van der Waals surface area contributed by atoms with Gasteiger partial charge in [0.1, 0.15) is 49.4 Å². The number of hydrogen-bond acceptors (Lipinski definition) is 4. The molecule has 0 saturated carbocycles. The first-order valence-corrected chi connectivity index (χ1v) is 35.8. The number of hydrogen-bond donors (Lipinski definition) is 0. The maximum absolute atomic E-state index is 16.9. The Bertz CT molecular complexity index is 586. The first-order valence-electron chi connectivity index (χ1n) is 13.4. The van der Waals surface area contributed by atoms with Gasteiger partial charge in [-0.05, 0) is 13.1 Å². The van der Waals surface area contributed by atoms with Gasteiger partial charge in [0.05, 0.1) is 0 Å². The predicted molar refractivity (Wildman–Crippen MR) is 175 cm³/mol. The van der Waals surface area contributed by atoms with Crippen LogP contribution in [0.5, 0.6) is 0 Å². The lowest BCUT2D eigenvalue weighted by Crippen LogP contribution is -2.74. The molecular weight excluding hydrogens is 555 g/mol. The Kier molecular flexibility index (Phi) is 12.2. The van der Waals surface area contributed by atoms with Crippen molar-refractivity contribution in [1.82, 2.24) is 16.9 Å². The second-order valence-electron chi connectivity index (χ2n) is 16.1. The smallest absolute Gasteiger partial charge is 0.345 e. The largest absolute Gasteiger partial charge is 0.586 e. The molecule has 35 heavy (non-hydrogen) atoms. The lowest BCUT2D eigenvalue weighted by atomic mass is 10.7. The highest BCUT2D eigenvalue weighted by atomic mass is 28.5. The van der Waals surface area contributed by atoms with Crippen LogP contribution in [0.25, 0.3) is 0 Å². The van der Waals surface area contributed by atoms with Crippen molar-refractivity contribution in [2.75, 3.05) is 26.2 Å². The lowest BCUT2D eigenvalue weighted by Gasteiger charge is -2.51. The molecule has 0 rings (SSSR count). The van der Waals surface area contributed by atoms with Gasteiger partial charge < -0.3 is 8.46 Å². The van der Waals surface area contributed by atoms with E-state index in [0.29, 0.717) is 13.1 Å². The molecule has 0 fully saturated rings. The van der Waals surface area contributed by atoms with Gasteiger partial charge in [0.2, 0.25) is 0 Å². The van der Waals surface area contributed by atoms with Gasteiger partial charge in [-0.2, -0.15) is 0 Å². The molecule has 0 heterocycles. The minimum absolute atomic E-state index is 0.510. The molecule has 0 radical (unpaired) electrons. The fraction of sp³-hybridized carbons (Fsp3) is 1.00. The molecule has 0 saturated heterocycles. The van der Waals surface area contributed by atoms with Gasteiger partial charge in [-0.1, -0.05) is 118 Å². The van der Waals surface area contributed by atoms with Gasteiger partial charge in [0, 0.05) is 13.1 Å². The first-order chi connectivity index (χ1) is 14.9. The quantitative estimate of drug-likeness (QED) is 0.147. The minimum atomic E-state index is -4.80. The molecule has 0 aromatic carbocycles. The lowest BCUT2D eigenvalue weighted by molar-refractivity contribution is 0.328. The summed E-state index contributed by atoms with van der Waals surface area (Å²) in [7, 11) is -15.7. The molecule has 0 unspecified atom stereocenters. The summed E-state index contributed by atoms with van der Waals surface area (Å²) in [5.74, 6) is 0. The Hall–Kier alpha value is 1.22. The van der Waals surface area contributed by atoms with Crippen LogP contribution in [-0.2, 0) is 0 Å². The third-order valence-electron chi connectivity index (χ3n) is 6.60. The summed E-state index contributed by atoms with van der Waals surface area (Å²) >= 11 is 0. The molecule has 0 spiro atoms. The summed E-state index contributed by atoms with van der Waals surface area (Å²) in [6.07, 6.45) is 0. The van der Waals surface area contributed by atoms with Crippen LogP contribution in [0.2, 0.25) is 118 Å². The van der Waals surface area contributed by atoms with E-state index >= 15 is 8.22 Å². The van der Waals surface area contributed by atoms with Crippen molar-refractivity contribution in [2.24, 2.45) is 0 Å². The van der Waals surface area contributed by atoms with Crippen molar-refractivity contribution in [3.05, 3.63) is 0 Å². The Morgan fingerprint density at radius 3 is 0.600 bits per heavy atom. The van der Waals surface area contributed by atoms with Gasteiger partial charge in [0.15, 0.2) is 0 Å². The van der Waals surface area contributed by atoms with Crippen molar-refractivity contribution in [1.29, 1.82) is 0 Å². The second-order valence-corrected chi connectivity index (χ2v) is 49.3. The van der Waals surface area contributed by atoms with E-state index in [4.69, 9.17) is 0 Å². The molecule has 0 aliphatic heterocycles. The molecule has 0 N–H and O–H groups in total. The molecule has 0 aliphatic carbocycles. The van der Waals surface area contributed by atoms with Crippen molar-refractivity contribution in [3.8, 4) is 0 Å². The van der Waals surface area contributed by atoms with E-state index in [9.17, 15) is 0 Å². The van der Waals surface area contributed by atoms with Gasteiger partial charge >= 0.3 is 9.06 Å². The molecule has 0 bridgehead atoms. The molecule has 0 aromatic heterocycles. The van der Waals surface area contributed by atoms with Gasteiger partial charge in [0.25, 0.3) is 0 Å². The summed E-state index contributed by atoms with van der Waals surface area (Å²) < 4.78 is 42.7. The van der Waals surface area contributed by atoms with E-state index in [1.165, 1.54) is 0 Å². The summed E-state index contributed by atoms with van der Waals surface area (Å²) in [5, 5.41) is 0. The topological polar surface area (TPSA) is 13.0 Å². The maximum Gasteiger partial charge on any atom is 0.586 e. The number of halogens is 2. The summed E-state index contributed by atoms with van der Waals surface area (Å²) in [4.78, 5) is 0. The maximum atomic E-state index is 16.9. The van der Waals surface area contributed by atoms with E-state index in [0.717, 1.165) is 13.1 Å². The van der Waals surface area contributed by atoms with Crippen molar-refractivity contribution < 1.29 is 8.22 Å². The molecular formula is C22H62F2N4Si7. The monoisotopic (exact) mass is 616 g/mol. The summed E-state index contributed by atoms with van der Waals surface area (Å²) in [5.41, 5.74) is 0.